The third-order valence-corrected chi connectivity index (χ3v) is 15.6. The van der Waals surface area contributed by atoms with Crippen LogP contribution in [0.15, 0.2) is 35.6 Å². The van der Waals surface area contributed by atoms with E-state index in [9.17, 15) is 30.3 Å². The maximum atomic E-state index is 14.5. The number of carbonyl (C=O) groups excluding carboxylic acids is 1. The lowest BCUT2D eigenvalue weighted by molar-refractivity contribution is -0.318. The average molecular weight is 1000 g/mol. The Morgan fingerprint density at radius 2 is 1.66 bits per heavy atom. The maximum Gasteiger partial charge on any atom is 0.311 e. The molecule has 4 heterocycles. The number of cyclic esters (lactones) is 1. The van der Waals surface area contributed by atoms with Gasteiger partial charge in [-0.3, -0.25) is 9.48 Å². The van der Waals surface area contributed by atoms with Crippen molar-refractivity contribution in [3.63, 3.8) is 0 Å². The van der Waals surface area contributed by atoms with Crippen LogP contribution >= 0.6 is 0 Å². The van der Waals surface area contributed by atoms with Crippen molar-refractivity contribution in [2.45, 2.75) is 217 Å². The molecular formula is C51H86N8O12. The number of aromatic nitrogens is 3. The Kier molecular flexibility index (Phi) is 20.8. The van der Waals surface area contributed by atoms with E-state index in [-0.39, 0.29) is 31.3 Å². The minimum atomic E-state index is -1.83. The molecule has 3 saturated heterocycles. The topological polar surface area (TPSA) is 260 Å². The van der Waals surface area contributed by atoms with Crippen molar-refractivity contribution in [1.29, 1.82) is 0 Å². The van der Waals surface area contributed by atoms with Crippen molar-refractivity contribution in [2.24, 2.45) is 22.9 Å². The van der Waals surface area contributed by atoms with Crippen molar-refractivity contribution in [3.8, 4) is 0 Å². The van der Waals surface area contributed by atoms with Crippen molar-refractivity contribution in [3.05, 3.63) is 52.2 Å². The van der Waals surface area contributed by atoms with Gasteiger partial charge in [0.2, 0.25) is 0 Å². The van der Waals surface area contributed by atoms with Crippen molar-refractivity contribution >= 4 is 11.7 Å². The highest BCUT2D eigenvalue weighted by molar-refractivity contribution is 5.73. The molecule has 1 aromatic carbocycles. The van der Waals surface area contributed by atoms with E-state index in [1.54, 1.807) is 41.5 Å². The number of methoxy groups -OCH3 is 1. The lowest BCUT2D eigenvalue weighted by Gasteiger charge is -2.49. The molecule has 0 amide bonds. The number of aliphatic hydroxyl groups excluding tert-OH is 3. The molecule has 20 heteroatoms. The lowest BCUT2D eigenvalue weighted by atomic mass is 9.77. The summed E-state index contributed by atoms with van der Waals surface area (Å²) in [5.74, 6) is -2.77. The molecular weight excluding hydrogens is 917 g/mol. The van der Waals surface area contributed by atoms with E-state index in [0.717, 1.165) is 25.0 Å². The lowest BCUT2D eigenvalue weighted by Crippen LogP contribution is -2.61. The fraction of sp³-hybridized carbons (Fsp3) is 0.824. The number of unbranched alkanes of at least 4 members (excludes halogenated alkanes) is 1. The molecule has 3 fully saturated rings. The number of carbonyl (C=O) groups is 1. The molecule has 3 aliphatic heterocycles. The van der Waals surface area contributed by atoms with Gasteiger partial charge in [-0.1, -0.05) is 55.4 Å². The van der Waals surface area contributed by atoms with E-state index in [1.165, 1.54) is 19.6 Å². The molecule has 5 rings (SSSR count). The summed E-state index contributed by atoms with van der Waals surface area (Å²) in [6.45, 7) is 19.3. The van der Waals surface area contributed by atoms with Crippen LogP contribution in [0.1, 0.15) is 119 Å². The number of rotatable bonds is 16. The van der Waals surface area contributed by atoms with Crippen LogP contribution in [0.25, 0.3) is 10.4 Å². The number of hydrogen-bond acceptors (Lipinski definition) is 17. The summed E-state index contributed by atoms with van der Waals surface area (Å²) >= 11 is 0. The quantitative estimate of drug-likeness (QED) is 0.0484. The van der Waals surface area contributed by atoms with Gasteiger partial charge in [-0.15, -0.1) is 5.10 Å². The summed E-state index contributed by atoms with van der Waals surface area (Å²) in [6, 6.07) is 6.60. The molecule has 0 spiro atoms. The van der Waals surface area contributed by atoms with Gasteiger partial charge < -0.3 is 63.8 Å². The predicted octanol–water partition coefficient (Wildman–Crippen LogP) is 5.07. The van der Waals surface area contributed by atoms with Crippen LogP contribution in [0.2, 0.25) is 0 Å². The van der Waals surface area contributed by atoms with E-state index in [4.69, 9.17) is 34.0 Å². The minimum absolute atomic E-state index is 0.104. The van der Waals surface area contributed by atoms with Gasteiger partial charge in [-0.25, -0.2) is 0 Å². The first-order chi connectivity index (χ1) is 33.3. The van der Waals surface area contributed by atoms with Gasteiger partial charge in [0.1, 0.15) is 30.0 Å². The van der Waals surface area contributed by atoms with Crippen LogP contribution in [0.3, 0.4) is 0 Å². The Hall–Kier alpha value is -3.34. The number of aliphatic hydroxyl groups is 5. The molecule has 402 valence electrons. The standard InChI is InChI=1S/C51H86N8O12/c1-14-40-51(10,65)44(61)34(6)58(12)28-30(2)26-49(8,64)46(32(4)43(33(5)47(63)69-40)70-41-27-50(9,66-13)45(62)35(7)68-41)71-48-42(60)39(25-31(3)67-48)57(11)24-22-38-29-59(56-54-38)23-16-15-17-36-18-20-37(21-19-36)53-55-52/h18-21,29-35,39-46,48,60-62,64-65H,14-17,22-28H2,1-13H3/t30-,31-,32+,33-,34-,35+,39+,40-,41+,42-,43+,44-,45+,46-,48+,49-,50-,51-/m1/s1. The number of likely N-dealkylation sites (N-methyl/N-ethyl adjacent to an activating group) is 2. The van der Waals surface area contributed by atoms with Gasteiger partial charge >= 0.3 is 5.97 Å². The normalized spacial score (nSPS) is 39.3. The summed E-state index contributed by atoms with van der Waals surface area (Å²) in [7, 11) is 5.29. The summed E-state index contributed by atoms with van der Waals surface area (Å²) in [5.41, 5.74) is 6.71. The molecule has 0 saturated carbocycles. The molecule has 5 N–H and O–H groups in total. The minimum Gasteiger partial charge on any atom is -0.459 e. The van der Waals surface area contributed by atoms with Gasteiger partial charge in [-0.05, 0) is 118 Å². The van der Waals surface area contributed by atoms with Crippen molar-refractivity contribution in [1.82, 2.24) is 24.8 Å². The van der Waals surface area contributed by atoms with Crippen LogP contribution in [-0.4, -0.2) is 181 Å². The Morgan fingerprint density at radius 1 is 0.972 bits per heavy atom. The molecule has 0 radical (unpaired) electrons. The van der Waals surface area contributed by atoms with Crippen LogP contribution in [0.5, 0.6) is 0 Å². The maximum absolute atomic E-state index is 14.5. The van der Waals surface area contributed by atoms with Crippen LogP contribution < -0.4 is 0 Å². The molecule has 0 aliphatic carbocycles. The first-order valence-corrected chi connectivity index (χ1v) is 25.7. The molecule has 71 heavy (non-hydrogen) atoms. The molecule has 1 aromatic heterocycles. The van der Waals surface area contributed by atoms with E-state index < -0.39 is 102 Å². The summed E-state index contributed by atoms with van der Waals surface area (Å²) in [6.07, 6.45) is -3.70. The highest BCUT2D eigenvalue weighted by atomic mass is 16.7. The van der Waals surface area contributed by atoms with E-state index in [1.807, 2.05) is 74.9 Å². The molecule has 3 aliphatic rings. The van der Waals surface area contributed by atoms with Gasteiger partial charge in [0.15, 0.2) is 12.6 Å². The number of azide groups is 1. The Bertz CT molecular complexity index is 2020. The first-order valence-electron chi connectivity index (χ1n) is 25.7. The third-order valence-electron chi connectivity index (χ3n) is 15.6. The molecule has 2 aromatic rings. The Labute approximate surface area is 420 Å². The van der Waals surface area contributed by atoms with E-state index in [2.05, 4.69) is 25.2 Å². The fourth-order valence-electron chi connectivity index (χ4n) is 11.1. The van der Waals surface area contributed by atoms with Crippen LogP contribution in [-0.2, 0) is 52.6 Å². The van der Waals surface area contributed by atoms with Crippen LogP contribution in [0, 0.1) is 17.8 Å². The second kappa shape index (κ2) is 25.3. The zero-order valence-electron chi connectivity index (χ0n) is 44.5. The van der Waals surface area contributed by atoms with Crippen LogP contribution in [0.4, 0.5) is 5.69 Å². The first kappa shape index (κ1) is 58.5. The number of aryl methyl sites for hydroxylation is 2. The molecule has 20 nitrogen and oxygen atoms in total. The van der Waals surface area contributed by atoms with Gasteiger partial charge in [0.25, 0.3) is 0 Å². The largest absolute Gasteiger partial charge is 0.459 e. The van der Waals surface area contributed by atoms with Crippen molar-refractivity contribution in [2.75, 3.05) is 34.3 Å². The smallest absolute Gasteiger partial charge is 0.311 e. The van der Waals surface area contributed by atoms with E-state index >= 15 is 0 Å². The number of ether oxygens (including phenoxy) is 6. The SMILES string of the molecule is CC[C@H]1OC(=O)[C@H](C)[C@@H](O[C@H]2C[C@@](C)(OC)[C@@H](O)[C@H](C)O2)[C@H](C)[C@@H](O[C@@H]2O[C@H](C)C[C@H](N(C)CCc3cn(CCCCc4ccc(N=[N+]=[N-])cc4)nn3)[C@H]2O)[C@](C)(O)C[C@@H](C)CN(C)[C@H](C)[C@@H](O)[C@]1(C)O. The second-order valence-electron chi connectivity index (χ2n) is 21.7. The predicted molar refractivity (Wildman–Crippen MR) is 265 cm³/mol. The third kappa shape index (κ3) is 14.7. The molecule has 0 bridgehead atoms. The zero-order chi connectivity index (χ0) is 52.6. The van der Waals surface area contributed by atoms with Crippen molar-refractivity contribution < 1.29 is 58.7 Å². The number of esters is 1. The number of nitrogens with zero attached hydrogens (tertiary/aromatic N) is 8. The summed E-state index contributed by atoms with van der Waals surface area (Å²) in [5, 5.41) is 72.1. The average Bonchev–Trinajstić information content (AvgIpc) is 3.78. The number of benzene rings is 1. The monoisotopic (exact) mass is 1000 g/mol. The molecule has 18 atom stereocenters. The van der Waals surface area contributed by atoms with E-state index in [0.29, 0.717) is 38.2 Å². The Morgan fingerprint density at radius 3 is 2.31 bits per heavy atom. The fourth-order valence-corrected chi connectivity index (χ4v) is 11.1. The highest BCUT2D eigenvalue weighted by Gasteiger charge is 2.53. The van der Waals surface area contributed by atoms with Gasteiger partial charge in [0, 0.05) is 74.4 Å². The summed E-state index contributed by atoms with van der Waals surface area (Å²) in [4.78, 5) is 21.3. The highest BCUT2D eigenvalue weighted by Crippen LogP contribution is 2.40. The van der Waals surface area contributed by atoms with Gasteiger partial charge in [-0.2, -0.15) is 0 Å². The summed E-state index contributed by atoms with van der Waals surface area (Å²) < 4.78 is 40.1. The van der Waals surface area contributed by atoms with Gasteiger partial charge in [0.05, 0.1) is 47.2 Å². The molecule has 0 unspecified atom stereocenters. The zero-order valence-corrected chi connectivity index (χ0v) is 44.5. The second-order valence-corrected chi connectivity index (χ2v) is 21.7. The number of hydrogen-bond donors (Lipinski definition) is 5. The Balaban J connectivity index is 1.38.